The van der Waals surface area contributed by atoms with Crippen LogP contribution in [0.4, 0.5) is 0 Å². The van der Waals surface area contributed by atoms with Gasteiger partial charge in [-0.3, -0.25) is 9.97 Å². The van der Waals surface area contributed by atoms with Crippen molar-refractivity contribution in [2.24, 2.45) is 5.41 Å². The third-order valence-corrected chi connectivity index (χ3v) is 8.35. The minimum Gasteiger partial charge on any atom is -0.385 e. The standard InChI is InChI=1S/C35H50N4.C4H10O.C3H8O/c1-9-11-13-15-26-18-28-20-30-23-35(7,8)33(39-30)21-32-25(14-12-10-2)17-27(38-32)19-29(22-34(4,5)6)36-24(3)16-31(26)37-28;1-3-4-5-2;1-3-4-2/h16-21,37-38H,9-15,22-23H2,1-8H3;3-4H2,1-2H3;3H2,1-2H3. The molecule has 4 rings (SSSR count). The molecule has 0 fully saturated rings. The summed E-state index contributed by atoms with van der Waals surface area (Å²) in [4.78, 5) is 17.8. The molecule has 0 atom stereocenters. The van der Waals surface area contributed by atoms with Gasteiger partial charge < -0.3 is 19.4 Å². The number of ether oxygens (including phenoxy) is 2. The lowest BCUT2D eigenvalue weighted by molar-refractivity contribution is 0.199. The number of hydrogen-bond acceptors (Lipinski definition) is 4. The number of methoxy groups -OCH3 is 2. The fourth-order valence-corrected chi connectivity index (χ4v) is 5.87. The van der Waals surface area contributed by atoms with Crippen LogP contribution in [0.2, 0.25) is 0 Å². The number of aryl methyl sites for hydroxylation is 3. The lowest BCUT2D eigenvalue weighted by Crippen LogP contribution is -2.15. The van der Waals surface area contributed by atoms with E-state index in [-0.39, 0.29) is 10.8 Å². The predicted octanol–water partition coefficient (Wildman–Crippen LogP) is 11.2. The highest BCUT2D eigenvalue weighted by Gasteiger charge is 2.28. The van der Waals surface area contributed by atoms with Gasteiger partial charge in [-0.1, -0.05) is 74.7 Å². The van der Waals surface area contributed by atoms with E-state index in [0.717, 1.165) is 79.1 Å². The fraction of sp³-hybridized carbons (Fsp3) is 0.619. The number of nitrogens with one attached hydrogen (secondary N) is 2. The molecule has 3 aromatic heterocycles. The highest BCUT2D eigenvalue weighted by Crippen LogP contribution is 2.32. The lowest BCUT2D eigenvalue weighted by Gasteiger charge is -2.16. The number of H-pyrrole nitrogens is 2. The number of fused-ring (bicyclic) bond motifs is 6. The molecule has 0 saturated carbocycles. The number of aromatic nitrogens is 4. The summed E-state index contributed by atoms with van der Waals surface area (Å²) in [6, 6.07) is 13.7. The second-order valence-corrected chi connectivity index (χ2v) is 15.1. The Morgan fingerprint density at radius 1 is 0.729 bits per heavy atom. The van der Waals surface area contributed by atoms with E-state index in [2.05, 4.69) is 113 Å². The van der Waals surface area contributed by atoms with E-state index in [9.17, 15) is 0 Å². The molecule has 3 aromatic rings. The quantitative estimate of drug-likeness (QED) is 0.201. The fourth-order valence-electron chi connectivity index (χ4n) is 5.87. The average Bonchev–Trinajstić information content (AvgIpc) is 3.65. The smallest absolute Gasteiger partial charge is 0.0487 e. The van der Waals surface area contributed by atoms with Crippen molar-refractivity contribution in [3.8, 4) is 0 Å². The van der Waals surface area contributed by atoms with Crippen molar-refractivity contribution in [2.45, 2.75) is 139 Å². The van der Waals surface area contributed by atoms with Gasteiger partial charge in [0.15, 0.2) is 0 Å². The van der Waals surface area contributed by atoms with E-state index in [1.165, 1.54) is 54.3 Å². The van der Waals surface area contributed by atoms with E-state index >= 15 is 0 Å². The van der Waals surface area contributed by atoms with Gasteiger partial charge >= 0.3 is 0 Å². The van der Waals surface area contributed by atoms with Crippen LogP contribution in [0.25, 0.3) is 22.1 Å². The number of unbranched alkanes of at least 4 members (excludes halogenated alkanes) is 3. The minimum absolute atomic E-state index is 0.00841. The molecule has 268 valence electrons. The zero-order valence-corrected chi connectivity index (χ0v) is 32.7. The maximum atomic E-state index is 5.18. The summed E-state index contributed by atoms with van der Waals surface area (Å²) in [5.74, 6) is 0. The minimum atomic E-state index is -0.00841. The molecule has 2 N–H and O–H groups in total. The van der Waals surface area contributed by atoms with Crippen molar-refractivity contribution in [3.05, 3.63) is 70.3 Å². The zero-order valence-electron chi connectivity index (χ0n) is 32.7. The molecule has 0 aromatic carbocycles. The van der Waals surface area contributed by atoms with Gasteiger partial charge in [-0.25, -0.2) is 0 Å². The first-order valence-corrected chi connectivity index (χ1v) is 18.5. The molecule has 1 aliphatic heterocycles. The average molecular weight is 661 g/mol. The van der Waals surface area contributed by atoms with Crippen LogP contribution >= 0.6 is 0 Å². The van der Waals surface area contributed by atoms with Crippen molar-refractivity contribution in [1.29, 1.82) is 0 Å². The van der Waals surface area contributed by atoms with Gasteiger partial charge in [-0.2, -0.15) is 0 Å². The largest absolute Gasteiger partial charge is 0.385 e. The van der Waals surface area contributed by atoms with E-state index in [0.29, 0.717) is 0 Å². The zero-order chi connectivity index (χ0) is 35.7. The first kappa shape index (κ1) is 41.2. The third kappa shape index (κ3) is 14.3. The van der Waals surface area contributed by atoms with Gasteiger partial charge in [0.2, 0.25) is 0 Å². The Balaban J connectivity index is 0.000000789. The molecule has 0 unspecified atom stereocenters. The summed E-state index contributed by atoms with van der Waals surface area (Å²) >= 11 is 0. The summed E-state index contributed by atoms with van der Waals surface area (Å²) in [6.07, 6.45) is 11.2. The summed E-state index contributed by atoms with van der Waals surface area (Å²) in [6.45, 7) is 23.9. The summed E-state index contributed by atoms with van der Waals surface area (Å²) in [7, 11) is 3.39. The molecule has 6 bridgehead atoms. The molecule has 0 spiro atoms. The van der Waals surface area contributed by atoms with Crippen LogP contribution in [-0.2, 0) is 40.6 Å². The van der Waals surface area contributed by atoms with Crippen LogP contribution in [0.5, 0.6) is 0 Å². The van der Waals surface area contributed by atoms with Crippen LogP contribution in [0.15, 0.2) is 36.4 Å². The highest BCUT2D eigenvalue weighted by molar-refractivity contribution is 5.67. The van der Waals surface area contributed by atoms with Crippen LogP contribution < -0.4 is 0 Å². The lowest BCUT2D eigenvalue weighted by atomic mass is 9.87. The van der Waals surface area contributed by atoms with Gasteiger partial charge in [0.25, 0.3) is 0 Å². The van der Waals surface area contributed by atoms with Crippen molar-refractivity contribution >= 4 is 22.1 Å². The Hall–Kier alpha value is -2.96. The SMILES string of the molecule is CCCCCc1cc2cc3nc(cc4[nH]c(cc(CC(C)(C)C)nc(C)cc1[nH]2)cc4CCCC)C(C)(C)C3.CCCOC.CCOC. The van der Waals surface area contributed by atoms with Gasteiger partial charge in [0.1, 0.15) is 0 Å². The molecular formula is C42H68N4O2. The Morgan fingerprint density at radius 2 is 1.31 bits per heavy atom. The molecule has 0 amide bonds. The van der Waals surface area contributed by atoms with Crippen molar-refractivity contribution in [3.63, 3.8) is 0 Å². The molecule has 6 nitrogen and oxygen atoms in total. The monoisotopic (exact) mass is 661 g/mol. The summed E-state index contributed by atoms with van der Waals surface area (Å²) < 4.78 is 9.23. The predicted molar refractivity (Wildman–Crippen MR) is 207 cm³/mol. The Morgan fingerprint density at radius 3 is 1.83 bits per heavy atom. The van der Waals surface area contributed by atoms with Gasteiger partial charge in [-0.05, 0) is 105 Å². The molecule has 48 heavy (non-hydrogen) atoms. The van der Waals surface area contributed by atoms with E-state index in [1.807, 2.05) is 6.92 Å². The van der Waals surface area contributed by atoms with E-state index in [1.54, 1.807) is 14.2 Å². The maximum Gasteiger partial charge on any atom is 0.0487 e. The molecule has 0 aliphatic carbocycles. The van der Waals surface area contributed by atoms with Gasteiger partial charge in [-0.15, -0.1) is 0 Å². The topological polar surface area (TPSA) is 75.8 Å². The van der Waals surface area contributed by atoms with Crippen LogP contribution in [0, 0.1) is 12.3 Å². The first-order valence-electron chi connectivity index (χ1n) is 18.5. The van der Waals surface area contributed by atoms with Gasteiger partial charge in [0, 0.05) is 84.1 Å². The summed E-state index contributed by atoms with van der Waals surface area (Å²) in [5, 5.41) is 0. The number of rotatable bonds is 11. The Labute approximate surface area is 292 Å². The van der Waals surface area contributed by atoms with E-state index < -0.39 is 0 Å². The van der Waals surface area contributed by atoms with Crippen LogP contribution in [0.3, 0.4) is 0 Å². The van der Waals surface area contributed by atoms with Gasteiger partial charge in [0.05, 0.1) is 0 Å². The molecule has 6 heteroatoms. The van der Waals surface area contributed by atoms with E-state index in [4.69, 9.17) is 14.7 Å². The highest BCUT2D eigenvalue weighted by atomic mass is 16.5. The molecular weight excluding hydrogens is 592 g/mol. The molecule has 4 heterocycles. The number of aromatic amines is 2. The maximum absolute atomic E-state index is 5.18. The molecule has 0 saturated heterocycles. The molecule has 1 aliphatic rings. The number of nitrogens with zero attached hydrogens (tertiary/aromatic N) is 2. The Kier molecular flexibility index (Phi) is 17.6. The third-order valence-electron chi connectivity index (χ3n) is 8.35. The summed E-state index contributed by atoms with van der Waals surface area (Å²) in [5.41, 5.74) is 11.9. The van der Waals surface area contributed by atoms with Crippen molar-refractivity contribution in [2.75, 3.05) is 27.4 Å². The normalized spacial score (nSPS) is 12.9. The van der Waals surface area contributed by atoms with Crippen LogP contribution in [0.1, 0.15) is 135 Å². The Bertz CT molecular complexity index is 1520. The van der Waals surface area contributed by atoms with Crippen molar-refractivity contribution in [1.82, 2.24) is 19.9 Å². The van der Waals surface area contributed by atoms with Crippen LogP contribution in [-0.4, -0.2) is 47.4 Å². The van der Waals surface area contributed by atoms with Crippen molar-refractivity contribution < 1.29 is 9.47 Å². The second-order valence-electron chi connectivity index (χ2n) is 15.1. The molecule has 0 radical (unpaired) electrons. The first-order chi connectivity index (χ1) is 22.8. The number of hydrogen-bond donors (Lipinski definition) is 2. The second kappa shape index (κ2) is 20.5.